The molecule has 5 nitrogen and oxygen atoms in total. The molecule has 2 aromatic rings. The largest absolute Gasteiger partial charge is 0.478 e. The third-order valence-corrected chi connectivity index (χ3v) is 5.35. The van der Waals surface area contributed by atoms with E-state index in [1.54, 1.807) is 18.2 Å². The number of carbonyl (C=O) groups is 1. The Kier molecular flexibility index (Phi) is 4.89. The molecule has 0 spiro atoms. The molecule has 8 heteroatoms. The number of rotatable bonds is 4. The Balaban J connectivity index is 2.46. The molecule has 0 atom stereocenters. The number of sulfonamides is 1. The zero-order chi connectivity index (χ0) is 15.6. The van der Waals surface area contributed by atoms with E-state index in [0.717, 1.165) is 3.57 Å². The van der Waals surface area contributed by atoms with E-state index < -0.39 is 16.0 Å². The average Bonchev–Trinajstić information content (AvgIpc) is 2.41. The summed E-state index contributed by atoms with van der Waals surface area (Å²) < 4.78 is 28.2. The number of aromatic carboxylic acids is 1. The van der Waals surface area contributed by atoms with E-state index in [1.807, 2.05) is 0 Å². The molecule has 0 unspecified atom stereocenters. The normalized spacial score (nSPS) is 11.1. The van der Waals surface area contributed by atoms with E-state index >= 15 is 0 Å². The molecule has 0 saturated heterocycles. The predicted molar refractivity (Wildman–Crippen MR) is 91.1 cm³/mol. The lowest BCUT2D eigenvalue weighted by molar-refractivity contribution is 0.0698. The molecule has 110 valence electrons. The Labute approximate surface area is 143 Å². The fourth-order valence-electron chi connectivity index (χ4n) is 1.61. The van der Waals surface area contributed by atoms with Crippen molar-refractivity contribution in [1.82, 2.24) is 0 Å². The average molecular weight is 482 g/mol. The highest BCUT2D eigenvalue weighted by Gasteiger charge is 2.20. The highest BCUT2D eigenvalue weighted by Crippen LogP contribution is 2.29. The van der Waals surface area contributed by atoms with Crippen molar-refractivity contribution in [1.29, 1.82) is 0 Å². The molecule has 0 fully saturated rings. The maximum atomic E-state index is 12.3. The highest BCUT2D eigenvalue weighted by molar-refractivity contribution is 14.1. The smallest absolute Gasteiger partial charge is 0.337 e. The van der Waals surface area contributed by atoms with Crippen LogP contribution < -0.4 is 4.72 Å². The van der Waals surface area contributed by atoms with Crippen LogP contribution >= 0.6 is 38.5 Å². The SMILES string of the molecule is O=C(O)c1cccc(Br)c1NS(=O)(=O)c1ccc(I)cc1. The number of anilines is 1. The first kappa shape index (κ1) is 16.2. The monoisotopic (exact) mass is 481 g/mol. The van der Waals surface area contributed by atoms with Crippen molar-refractivity contribution in [2.24, 2.45) is 0 Å². The first-order chi connectivity index (χ1) is 9.81. The molecule has 0 amide bonds. The van der Waals surface area contributed by atoms with Crippen LogP contribution in [-0.4, -0.2) is 19.5 Å². The van der Waals surface area contributed by atoms with E-state index in [-0.39, 0.29) is 16.1 Å². The van der Waals surface area contributed by atoms with Gasteiger partial charge in [-0.3, -0.25) is 4.72 Å². The molecule has 0 aliphatic heterocycles. The van der Waals surface area contributed by atoms with Crippen molar-refractivity contribution < 1.29 is 18.3 Å². The van der Waals surface area contributed by atoms with Crippen molar-refractivity contribution in [2.45, 2.75) is 4.90 Å². The minimum Gasteiger partial charge on any atom is -0.478 e. The van der Waals surface area contributed by atoms with Crippen molar-refractivity contribution in [3.63, 3.8) is 0 Å². The standard InChI is InChI=1S/C13H9BrINO4S/c14-11-3-1-2-10(13(17)18)12(11)16-21(19,20)9-6-4-8(15)5-7-9/h1-7,16H,(H,17,18). The summed E-state index contributed by atoms with van der Waals surface area (Å²) in [6, 6.07) is 10.7. The van der Waals surface area contributed by atoms with Crippen LogP contribution in [0.15, 0.2) is 51.8 Å². The Bertz CT molecular complexity index is 790. The van der Waals surface area contributed by atoms with E-state index in [2.05, 4.69) is 43.2 Å². The predicted octanol–water partition coefficient (Wildman–Crippen LogP) is 3.55. The Morgan fingerprint density at radius 2 is 1.76 bits per heavy atom. The summed E-state index contributed by atoms with van der Waals surface area (Å²) in [5.74, 6) is -1.21. The first-order valence-electron chi connectivity index (χ1n) is 5.61. The molecule has 2 N–H and O–H groups in total. The number of hydrogen-bond donors (Lipinski definition) is 2. The Hall–Kier alpha value is -1.13. The van der Waals surface area contributed by atoms with E-state index in [1.165, 1.54) is 24.3 Å². The van der Waals surface area contributed by atoms with Crippen LogP contribution in [0.5, 0.6) is 0 Å². The maximum absolute atomic E-state index is 12.3. The lowest BCUT2D eigenvalue weighted by Crippen LogP contribution is -2.16. The Morgan fingerprint density at radius 3 is 2.33 bits per heavy atom. The van der Waals surface area contributed by atoms with Crippen molar-refractivity contribution >= 4 is 60.2 Å². The molecule has 0 bridgehead atoms. The van der Waals surface area contributed by atoms with Gasteiger partial charge in [-0.05, 0) is 74.9 Å². The number of benzene rings is 2. The fourth-order valence-corrected chi connectivity index (χ4v) is 3.67. The van der Waals surface area contributed by atoms with Crippen molar-refractivity contribution in [2.75, 3.05) is 4.72 Å². The zero-order valence-electron chi connectivity index (χ0n) is 10.4. The topological polar surface area (TPSA) is 83.5 Å². The van der Waals surface area contributed by atoms with Crippen LogP contribution in [0.3, 0.4) is 0 Å². The molecule has 0 radical (unpaired) electrons. The van der Waals surface area contributed by atoms with Crippen LogP contribution in [0.4, 0.5) is 5.69 Å². The molecule has 0 aliphatic rings. The first-order valence-corrected chi connectivity index (χ1v) is 8.97. The van der Waals surface area contributed by atoms with Crippen LogP contribution in [0, 0.1) is 3.57 Å². The summed E-state index contributed by atoms with van der Waals surface area (Å²) in [5.41, 5.74) is -0.123. The van der Waals surface area contributed by atoms with Gasteiger partial charge in [-0.25, -0.2) is 13.2 Å². The van der Waals surface area contributed by atoms with Gasteiger partial charge in [0.05, 0.1) is 16.1 Å². The van der Waals surface area contributed by atoms with E-state index in [9.17, 15) is 13.2 Å². The van der Waals surface area contributed by atoms with Gasteiger partial charge in [-0.2, -0.15) is 0 Å². The molecule has 0 aromatic heterocycles. The molecule has 0 aliphatic carbocycles. The highest BCUT2D eigenvalue weighted by atomic mass is 127. The summed E-state index contributed by atoms with van der Waals surface area (Å²) >= 11 is 5.23. The molecule has 2 aromatic carbocycles. The van der Waals surface area contributed by atoms with Gasteiger partial charge >= 0.3 is 5.97 Å². The number of carboxylic acid groups (broad SMARTS) is 1. The summed E-state index contributed by atoms with van der Waals surface area (Å²) in [5, 5.41) is 9.14. The summed E-state index contributed by atoms with van der Waals surface area (Å²) in [6.45, 7) is 0. The lowest BCUT2D eigenvalue weighted by atomic mass is 10.2. The number of carboxylic acids is 1. The number of para-hydroxylation sites is 1. The lowest BCUT2D eigenvalue weighted by Gasteiger charge is -2.12. The summed E-state index contributed by atoms with van der Waals surface area (Å²) in [4.78, 5) is 11.2. The van der Waals surface area contributed by atoms with E-state index in [4.69, 9.17) is 5.11 Å². The van der Waals surface area contributed by atoms with Gasteiger partial charge in [-0.15, -0.1) is 0 Å². The quantitative estimate of drug-likeness (QED) is 0.654. The number of halogens is 2. The zero-order valence-corrected chi connectivity index (χ0v) is 14.9. The van der Waals surface area contributed by atoms with Crippen LogP contribution in [0.2, 0.25) is 0 Å². The van der Waals surface area contributed by atoms with Crippen LogP contribution in [0.25, 0.3) is 0 Å². The molecular formula is C13H9BrINO4S. The second-order valence-corrected chi connectivity index (χ2v) is 7.81. The minimum atomic E-state index is -3.86. The van der Waals surface area contributed by atoms with Crippen LogP contribution in [0.1, 0.15) is 10.4 Å². The third-order valence-electron chi connectivity index (χ3n) is 2.60. The molecule has 0 heterocycles. The molecule has 21 heavy (non-hydrogen) atoms. The maximum Gasteiger partial charge on any atom is 0.337 e. The van der Waals surface area contributed by atoms with Gasteiger partial charge < -0.3 is 5.11 Å². The van der Waals surface area contributed by atoms with Gasteiger partial charge in [0.15, 0.2) is 0 Å². The summed E-state index contributed by atoms with van der Waals surface area (Å²) in [7, 11) is -3.86. The number of nitrogens with one attached hydrogen (secondary N) is 1. The van der Waals surface area contributed by atoms with Crippen molar-refractivity contribution in [3.8, 4) is 0 Å². The van der Waals surface area contributed by atoms with E-state index in [0.29, 0.717) is 4.47 Å². The Morgan fingerprint density at radius 1 is 1.14 bits per heavy atom. The number of hydrogen-bond acceptors (Lipinski definition) is 3. The van der Waals surface area contributed by atoms with Gasteiger partial charge in [0, 0.05) is 8.04 Å². The molecule has 2 rings (SSSR count). The van der Waals surface area contributed by atoms with Gasteiger partial charge in [0.25, 0.3) is 10.0 Å². The molecular weight excluding hydrogens is 473 g/mol. The fraction of sp³-hybridized carbons (Fsp3) is 0. The van der Waals surface area contributed by atoms with Crippen molar-refractivity contribution in [3.05, 3.63) is 56.1 Å². The molecule has 0 saturated carbocycles. The van der Waals surface area contributed by atoms with Gasteiger partial charge in [-0.1, -0.05) is 6.07 Å². The van der Waals surface area contributed by atoms with Gasteiger partial charge in [0.2, 0.25) is 0 Å². The second kappa shape index (κ2) is 6.32. The van der Waals surface area contributed by atoms with Gasteiger partial charge in [0.1, 0.15) is 0 Å². The third kappa shape index (κ3) is 3.74. The van der Waals surface area contributed by atoms with Crippen LogP contribution in [-0.2, 0) is 10.0 Å². The second-order valence-electron chi connectivity index (χ2n) is 4.03. The summed E-state index contributed by atoms with van der Waals surface area (Å²) in [6.07, 6.45) is 0. The minimum absolute atomic E-state index is 0.00329.